The molecular weight excluding hydrogens is 226 g/mol. The zero-order chi connectivity index (χ0) is 13.0. The van der Waals surface area contributed by atoms with Gasteiger partial charge in [-0.3, -0.25) is 0 Å². The monoisotopic (exact) mass is 249 g/mol. The van der Waals surface area contributed by atoms with Crippen molar-refractivity contribution < 1.29 is 9.47 Å². The highest BCUT2D eigenvalue weighted by molar-refractivity contribution is 5.29. The van der Waals surface area contributed by atoms with Gasteiger partial charge in [0, 0.05) is 6.61 Å². The highest BCUT2D eigenvalue weighted by Gasteiger charge is 2.22. The Morgan fingerprint density at radius 1 is 1.28 bits per heavy atom. The molecule has 2 atom stereocenters. The zero-order valence-corrected chi connectivity index (χ0v) is 11.3. The lowest BCUT2D eigenvalue weighted by atomic mass is 10.0. The minimum atomic E-state index is -0.0740. The second-order valence-corrected chi connectivity index (χ2v) is 5.11. The van der Waals surface area contributed by atoms with Crippen LogP contribution in [0.25, 0.3) is 0 Å². The van der Waals surface area contributed by atoms with Gasteiger partial charge in [-0.2, -0.15) is 0 Å². The third-order valence-electron chi connectivity index (χ3n) is 3.61. The van der Waals surface area contributed by atoms with Crippen molar-refractivity contribution in [3.05, 3.63) is 29.8 Å². The molecule has 0 bridgehead atoms. The molecule has 0 heterocycles. The van der Waals surface area contributed by atoms with Gasteiger partial charge in [0.1, 0.15) is 5.75 Å². The SMILES string of the molecule is COc1ccc(C(N)C(C)OCCC2CC2)cc1. The Morgan fingerprint density at radius 2 is 1.94 bits per heavy atom. The van der Waals surface area contributed by atoms with E-state index in [4.69, 9.17) is 15.2 Å². The molecule has 0 saturated heterocycles. The Kier molecular flexibility index (Phi) is 4.61. The van der Waals surface area contributed by atoms with E-state index in [-0.39, 0.29) is 12.1 Å². The third-order valence-corrected chi connectivity index (χ3v) is 3.61. The highest BCUT2D eigenvalue weighted by Crippen LogP contribution is 2.32. The number of methoxy groups -OCH3 is 1. The molecule has 1 aromatic carbocycles. The smallest absolute Gasteiger partial charge is 0.118 e. The van der Waals surface area contributed by atoms with Crippen LogP contribution in [0.3, 0.4) is 0 Å². The average Bonchev–Trinajstić information content (AvgIpc) is 3.22. The number of nitrogens with two attached hydrogens (primary N) is 1. The topological polar surface area (TPSA) is 44.5 Å². The van der Waals surface area contributed by atoms with Crippen molar-refractivity contribution in [2.75, 3.05) is 13.7 Å². The maximum atomic E-state index is 6.20. The van der Waals surface area contributed by atoms with Gasteiger partial charge in [-0.15, -0.1) is 0 Å². The fourth-order valence-corrected chi connectivity index (χ4v) is 2.03. The van der Waals surface area contributed by atoms with Crippen LogP contribution < -0.4 is 10.5 Å². The van der Waals surface area contributed by atoms with Crippen LogP contribution in [0.2, 0.25) is 0 Å². The van der Waals surface area contributed by atoms with Gasteiger partial charge >= 0.3 is 0 Å². The molecule has 2 N–H and O–H groups in total. The number of rotatable bonds is 7. The van der Waals surface area contributed by atoms with Crippen LogP contribution >= 0.6 is 0 Å². The molecule has 2 unspecified atom stereocenters. The van der Waals surface area contributed by atoms with Crippen molar-refractivity contribution in [3.8, 4) is 5.75 Å². The van der Waals surface area contributed by atoms with Gasteiger partial charge in [0.05, 0.1) is 19.3 Å². The molecular formula is C15H23NO2. The van der Waals surface area contributed by atoms with Gasteiger partial charge in [-0.05, 0) is 37.0 Å². The van der Waals surface area contributed by atoms with Crippen molar-refractivity contribution in [3.63, 3.8) is 0 Å². The van der Waals surface area contributed by atoms with Crippen molar-refractivity contribution in [1.82, 2.24) is 0 Å². The zero-order valence-electron chi connectivity index (χ0n) is 11.3. The maximum Gasteiger partial charge on any atom is 0.118 e. The quantitative estimate of drug-likeness (QED) is 0.808. The molecule has 3 heteroatoms. The minimum absolute atomic E-state index is 0.0529. The average molecular weight is 249 g/mol. The summed E-state index contributed by atoms with van der Waals surface area (Å²) in [6.07, 6.45) is 3.99. The van der Waals surface area contributed by atoms with Gasteiger partial charge in [0.2, 0.25) is 0 Å². The summed E-state index contributed by atoms with van der Waals surface area (Å²) in [5, 5.41) is 0. The summed E-state index contributed by atoms with van der Waals surface area (Å²) in [7, 11) is 1.67. The molecule has 1 aliphatic rings. The summed E-state index contributed by atoms with van der Waals surface area (Å²) >= 11 is 0. The summed E-state index contributed by atoms with van der Waals surface area (Å²) < 4.78 is 10.9. The van der Waals surface area contributed by atoms with Gasteiger partial charge in [-0.1, -0.05) is 25.0 Å². The molecule has 18 heavy (non-hydrogen) atoms. The van der Waals surface area contributed by atoms with Crippen molar-refractivity contribution in [1.29, 1.82) is 0 Å². The molecule has 0 aliphatic heterocycles. The van der Waals surface area contributed by atoms with E-state index in [1.54, 1.807) is 7.11 Å². The Balaban J connectivity index is 1.81. The molecule has 1 aliphatic carbocycles. The van der Waals surface area contributed by atoms with E-state index in [9.17, 15) is 0 Å². The number of hydrogen-bond acceptors (Lipinski definition) is 3. The van der Waals surface area contributed by atoms with Crippen LogP contribution in [0.1, 0.15) is 37.8 Å². The van der Waals surface area contributed by atoms with Crippen molar-refractivity contribution in [2.45, 2.75) is 38.3 Å². The van der Waals surface area contributed by atoms with Crippen molar-refractivity contribution in [2.24, 2.45) is 11.7 Å². The van der Waals surface area contributed by atoms with Gasteiger partial charge in [0.15, 0.2) is 0 Å². The predicted molar refractivity (Wildman–Crippen MR) is 72.7 cm³/mol. The third kappa shape index (κ3) is 3.72. The number of hydrogen-bond donors (Lipinski definition) is 1. The number of benzene rings is 1. The van der Waals surface area contributed by atoms with Gasteiger partial charge < -0.3 is 15.2 Å². The molecule has 1 aromatic rings. The minimum Gasteiger partial charge on any atom is -0.497 e. The standard InChI is InChI=1S/C15H23NO2/c1-11(18-10-9-12-3-4-12)15(16)13-5-7-14(17-2)8-6-13/h5-8,11-12,15H,3-4,9-10,16H2,1-2H3. The Bertz CT molecular complexity index is 359. The summed E-state index contributed by atoms with van der Waals surface area (Å²) in [6.45, 7) is 2.87. The molecule has 3 nitrogen and oxygen atoms in total. The van der Waals surface area contributed by atoms with Crippen LogP contribution in [-0.2, 0) is 4.74 Å². The van der Waals surface area contributed by atoms with Crippen molar-refractivity contribution >= 4 is 0 Å². The van der Waals surface area contributed by atoms with E-state index >= 15 is 0 Å². The fourth-order valence-electron chi connectivity index (χ4n) is 2.03. The summed E-state index contributed by atoms with van der Waals surface area (Å²) in [4.78, 5) is 0. The molecule has 100 valence electrons. The maximum absolute atomic E-state index is 6.20. The van der Waals surface area contributed by atoms with Gasteiger partial charge in [-0.25, -0.2) is 0 Å². The lowest BCUT2D eigenvalue weighted by Gasteiger charge is -2.21. The predicted octanol–water partition coefficient (Wildman–Crippen LogP) is 2.90. The van der Waals surface area contributed by atoms with E-state index in [0.29, 0.717) is 0 Å². The van der Waals surface area contributed by atoms with E-state index < -0.39 is 0 Å². The molecule has 0 spiro atoms. The molecule has 2 rings (SSSR count). The summed E-state index contributed by atoms with van der Waals surface area (Å²) in [5.41, 5.74) is 7.29. The first kappa shape index (κ1) is 13.4. The first-order valence-electron chi connectivity index (χ1n) is 6.72. The van der Waals surface area contributed by atoms with E-state index in [2.05, 4.69) is 0 Å². The lowest BCUT2D eigenvalue weighted by molar-refractivity contribution is 0.0443. The van der Waals surface area contributed by atoms with Crippen LogP contribution in [0.15, 0.2) is 24.3 Å². The van der Waals surface area contributed by atoms with E-state index in [1.165, 1.54) is 19.3 Å². The van der Waals surface area contributed by atoms with E-state index in [0.717, 1.165) is 23.8 Å². The van der Waals surface area contributed by atoms with Crippen LogP contribution in [0.5, 0.6) is 5.75 Å². The molecule has 0 amide bonds. The lowest BCUT2D eigenvalue weighted by Crippen LogP contribution is -2.26. The second kappa shape index (κ2) is 6.21. The van der Waals surface area contributed by atoms with Crippen LogP contribution in [0, 0.1) is 5.92 Å². The highest BCUT2D eigenvalue weighted by atomic mass is 16.5. The van der Waals surface area contributed by atoms with E-state index in [1.807, 2.05) is 31.2 Å². The normalized spacial score (nSPS) is 18.4. The molecule has 1 fully saturated rings. The molecule has 0 aromatic heterocycles. The van der Waals surface area contributed by atoms with Crippen LogP contribution in [-0.4, -0.2) is 19.8 Å². The first-order chi connectivity index (χ1) is 8.70. The Labute approximate surface area is 109 Å². The molecule has 1 saturated carbocycles. The molecule has 0 radical (unpaired) electrons. The number of ether oxygens (including phenoxy) is 2. The van der Waals surface area contributed by atoms with Crippen LogP contribution in [0.4, 0.5) is 0 Å². The summed E-state index contributed by atoms with van der Waals surface area (Å²) in [5.74, 6) is 1.77. The Morgan fingerprint density at radius 3 is 2.50 bits per heavy atom. The Hall–Kier alpha value is -1.06. The largest absolute Gasteiger partial charge is 0.497 e. The van der Waals surface area contributed by atoms with Gasteiger partial charge in [0.25, 0.3) is 0 Å². The summed E-state index contributed by atoms with van der Waals surface area (Å²) in [6, 6.07) is 7.81. The fraction of sp³-hybridized carbons (Fsp3) is 0.600. The first-order valence-corrected chi connectivity index (χ1v) is 6.72. The second-order valence-electron chi connectivity index (χ2n) is 5.11.